The summed E-state index contributed by atoms with van der Waals surface area (Å²) < 4.78 is 16.3. The lowest BCUT2D eigenvalue weighted by Gasteiger charge is -2.26. The standard InChI is InChI=1S/C27H65N5O12Si2/c1-27(2,3)44-23-25(34)19-31-11-13-32(20-26(35)22-43-15-5-17-46(39,40)41)12-10-29-7-6-28-8-9-30-18-24(33)21-42-14-4-16-45(36,37)38/h24-26,28-31,33-41H,4-23H2,1-3H3. The number of nitrogens with zero attached hydrogens (tertiary/aromatic N) is 1. The molecule has 278 valence electrons. The Morgan fingerprint density at radius 1 is 0.587 bits per heavy atom. The topological polar surface area (TPSA) is 261 Å². The van der Waals surface area contributed by atoms with Crippen molar-refractivity contribution in [3.05, 3.63) is 0 Å². The zero-order valence-electron chi connectivity index (χ0n) is 28.1. The summed E-state index contributed by atoms with van der Waals surface area (Å²) in [5, 5.41) is 43.6. The van der Waals surface area contributed by atoms with Crippen molar-refractivity contribution >= 4 is 17.6 Å². The van der Waals surface area contributed by atoms with E-state index < -0.39 is 35.9 Å². The van der Waals surface area contributed by atoms with Gasteiger partial charge in [0, 0.05) is 97.3 Å². The van der Waals surface area contributed by atoms with Crippen LogP contribution in [-0.2, 0) is 14.2 Å². The van der Waals surface area contributed by atoms with Crippen molar-refractivity contribution in [2.24, 2.45) is 0 Å². The fourth-order valence-corrected chi connectivity index (χ4v) is 5.22. The quantitative estimate of drug-likeness (QED) is 0.0231. The van der Waals surface area contributed by atoms with Crippen molar-refractivity contribution in [3.8, 4) is 0 Å². The third-order valence-electron chi connectivity index (χ3n) is 6.33. The third kappa shape index (κ3) is 35.1. The van der Waals surface area contributed by atoms with Gasteiger partial charge < -0.3 is 79.6 Å². The Bertz CT molecular complexity index is 705. The van der Waals surface area contributed by atoms with Gasteiger partial charge in [0.15, 0.2) is 0 Å². The van der Waals surface area contributed by atoms with Gasteiger partial charge in [0.05, 0.1) is 43.7 Å². The molecule has 0 saturated carbocycles. The highest BCUT2D eigenvalue weighted by Gasteiger charge is 2.26. The molecule has 3 atom stereocenters. The van der Waals surface area contributed by atoms with Crippen molar-refractivity contribution in [3.63, 3.8) is 0 Å². The number of hydrogen-bond donors (Lipinski definition) is 13. The summed E-state index contributed by atoms with van der Waals surface area (Å²) in [5.74, 6) is 0. The van der Waals surface area contributed by atoms with E-state index in [2.05, 4.69) is 26.2 Å². The molecule has 17 nitrogen and oxygen atoms in total. The summed E-state index contributed by atoms with van der Waals surface area (Å²) in [6.45, 7) is 13.2. The fourth-order valence-electron chi connectivity index (χ4n) is 3.99. The van der Waals surface area contributed by atoms with Gasteiger partial charge in [-0.05, 0) is 33.6 Å². The molecule has 0 aromatic heterocycles. The highest BCUT2D eigenvalue weighted by Crippen LogP contribution is 2.07. The third-order valence-corrected chi connectivity index (χ3v) is 8.38. The van der Waals surface area contributed by atoms with E-state index in [0.717, 1.165) is 13.1 Å². The molecule has 3 unspecified atom stereocenters. The predicted octanol–water partition coefficient (Wildman–Crippen LogP) is -4.81. The van der Waals surface area contributed by atoms with Crippen LogP contribution in [0, 0.1) is 0 Å². The van der Waals surface area contributed by atoms with Gasteiger partial charge in [-0.2, -0.15) is 0 Å². The van der Waals surface area contributed by atoms with Crippen LogP contribution in [0.5, 0.6) is 0 Å². The molecule has 0 amide bonds. The summed E-state index contributed by atoms with van der Waals surface area (Å²) in [7, 11) is -8.11. The normalized spacial score (nSPS) is 15.1. The van der Waals surface area contributed by atoms with Gasteiger partial charge in [-0.25, -0.2) is 0 Å². The van der Waals surface area contributed by atoms with E-state index in [9.17, 15) is 15.3 Å². The molecule has 0 rings (SSSR count). The first-order valence-corrected chi connectivity index (χ1v) is 20.3. The zero-order valence-corrected chi connectivity index (χ0v) is 30.1. The Morgan fingerprint density at radius 2 is 1.00 bits per heavy atom. The second-order valence-electron chi connectivity index (χ2n) is 12.5. The SMILES string of the molecule is CC(C)(C)OCC(O)CNCCN(CCNCCNCCNCC(O)COCCC[Si](O)(O)O)CC(O)COCCC[Si](O)(O)O. The van der Waals surface area contributed by atoms with Crippen LogP contribution in [0.3, 0.4) is 0 Å². The van der Waals surface area contributed by atoms with Crippen molar-refractivity contribution < 1.29 is 58.3 Å². The van der Waals surface area contributed by atoms with Gasteiger partial charge in [0.2, 0.25) is 0 Å². The van der Waals surface area contributed by atoms with Gasteiger partial charge in [-0.1, -0.05) is 0 Å². The maximum Gasteiger partial charge on any atom is 0.492 e. The minimum Gasteiger partial charge on any atom is -0.390 e. The first kappa shape index (κ1) is 45.8. The summed E-state index contributed by atoms with van der Waals surface area (Å²) >= 11 is 0. The van der Waals surface area contributed by atoms with Crippen LogP contribution in [0.1, 0.15) is 33.6 Å². The molecule has 13 N–H and O–H groups in total. The molecule has 0 heterocycles. The molecule has 0 saturated heterocycles. The first-order chi connectivity index (χ1) is 21.5. The Kier molecular flexibility index (Phi) is 26.5. The largest absolute Gasteiger partial charge is 0.492 e. The molecule has 0 fully saturated rings. The average Bonchev–Trinajstić information content (AvgIpc) is 2.93. The Balaban J connectivity index is 4.17. The van der Waals surface area contributed by atoms with Crippen LogP contribution in [0.4, 0.5) is 0 Å². The summed E-state index contributed by atoms with van der Waals surface area (Å²) in [6.07, 6.45) is -1.47. The first-order valence-electron chi connectivity index (χ1n) is 16.2. The lowest BCUT2D eigenvalue weighted by atomic mass is 10.2. The number of aliphatic hydroxyl groups is 3. The van der Waals surface area contributed by atoms with Crippen LogP contribution in [0.15, 0.2) is 0 Å². The molecule has 0 aliphatic rings. The number of nitrogens with one attached hydrogen (secondary N) is 4. The molecule has 0 aliphatic carbocycles. The minimum absolute atomic E-state index is 0.0841. The fraction of sp³-hybridized carbons (Fsp3) is 1.00. The minimum atomic E-state index is -4.08. The van der Waals surface area contributed by atoms with Crippen LogP contribution in [0.25, 0.3) is 0 Å². The van der Waals surface area contributed by atoms with Gasteiger partial charge in [-0.3, -0.25) is 4.90 Å². The van der Waals surface area contributed by atoms with E-state index >= 15 is 0 Å². The average molecular weight is 708 g/mol. The van der Waals surface area contributed by atoms with E-state index in [1.165, 1.54) is 0 Å². The Hall–Kier alpha value is -0.246. The lowest BCUT2D eigenvalue weighted by Crippen LogP contribution is -2.44. The van der Waals surface area contributed by atoms with Crippen LogP contribution >= 0.6 is 0 Å². The molecule has 46 heavy (non-hydrogen) atoms. The summed E-state index contributed by atoms with van der Waals surface area (Å²) in [5.41, 5.74) is -0.322. The van der Waals surface area contributed by atoms with E-state index in [-0.39, 0.29) is 57.1 Å². The van der Waals surface area contributed by atoms with E-state index in [1.807, 2.05) is 20.8 Å². The highest BCUT2D eigenvalue weighted by molar-refractivity contribution is 6.56. The molecule has 0 aromatic carbocycles. The van der Waals surface area contributed by atoms with Crippen molar-refractivity contribution in [1.82, 2.24) is 26.2 Å². The van der Waals surface area contributed by atoms with Gasteiger partial charge in [-0.15, -0.1) is 0 Å². The molecule has 0 aliphatic heterocycles. The van der Waals surface area contributed by atoms with Crippen LogP contribution in [0.2, 0.25) is 12.1 Å². The van der Waals surface area contributed by atoms with Crippen molar-refractivity contribution in [2.45, 2.75) is 69.6 Å². The zero-order chi connectivity index (χ0) is 34.9. The maximum atomic E-state index is 10.5. The molecule has 0 spiro atoms. The molecule has 19 heteroatoms. The summed E-state index contributed by atoms with van der Waals surface area (Å²) in [4.78, 5) is 56.1. The Morgan fingerprint density at radius 3 is 1.50 bits per heavy atom. The van der Waals surface area contributed by atoms with E-state index in [1.54, 1.807) is 0 Å². The monoisotopic (exact) mass is 707 g/mol. The van der Waals surface area contributed by atoms with Gasteiger partial charge >= 0.3 is 17.6 Å². The number of aliphatic hydroxyl groups excluding tert-OH is 3. The van der Waals surface area contributed by atoms with Crippen LogP contribution < -0.4 is 21.3 Å². The lowest BCUT2D eigenvalue weighted by molar-refractivity contribution is -0.0479. The molecule has 0 radical (unpaired) electrons. The highest BCUT2D eigenvalue weighted by atomic mass is 28.4. The number of rotatable bonds is 32. The van der Waals surface area contributed by atoms with Crippen molar-refractivity contribution in [2.75, 3.05) is 105 Å². The molecule has 0 aromatic rings. The predicted molar refractivity (Wildman–Crippen MR) is 177 cm³/mol. The molecular weight excluding hydrogens is 642 g/mol. The van der Waals surface area contributed by atoms with Gasteiger partial charge in [0.25, 0.3) is 0 Å². The smallest absolute Gasteiger partial charge is 0.390 e. The second-order valence-corrected chi connectivity index (χ2v) is 16.6. The number of ether oxygens (including phenoxy) is 3. The number of hydrogen-bond acceptors (Lipinski definition) is 17. The second kappa shape index (κ2) is 26.6. The maximum absolute atomic E-state index is 10.5. The van der Waals surface area contributed by atoms with Gasteiger partial charge in [0.1, 0.15) is 0 Å². The van der Waals surface area contributed by atoms with Crippen LogP contribution in [-0.4, -0.2) is 196 Å². The summed E-state index contributed by atoms with van der Waals surface area (Å²) in [6, 6.07) is -0.204. The Labute approximate surface area is 276 Å². The van der Waals surface area contributed by atoms with E-state index in [4.69, 9.17) is 43.0 Å². The molecular formula is C27H65N5O12Si2. The van der Waals surface area contributed by atoms with E-state index in [0.29, 0.717) is 65.3 Å². The molecule has 0 bridgehead atoms. The van der Waals surface area contributed by atoms with Crippen molar-refractivity contribution in [1.29, 1.82) is 0 Å².